The topological polar surface area (TPSA) is 124 Å². The summed E-state index contributed by atoms with van der Waals surface area (Å²) in [4.78, 5) is 19.6. The number of pyridine rings is 1. The van der Waals surface area contributed by atoms with Crippen LogP contribution in [0.3, 0.4) is 0 Å². The average Bonchev–Trinajstić information content (AvgIpc) is 3.62. The number of sulfonamides is 1. The minimum absolute atomic E-state index is 0.144. The van der Waals surface area contributed by atoms with E-state index in [0.29, 0.717) is 38.5 Å². The maximum Gasteiger partial charge on any atom is 0.246 e. The number of imidazole rings is 1. The van der Waals surface area contributed by atoms with Crippen molar-refractivity contribution >= 4 is 44.1 Å². The van der Waals surface area contributed by atoms with Gasteiger partial charge in [-0.3, -0.25) is 9.67 Å². The van der Waals surface area contributed by atoms with Gasteiger partial charge in [-0.05, 0) is 13.0 Å². The van der Waals surface area contributed by atoms with Crippen molar-refractivity contribution in [1.82, 2.24) is 39.0 Å². The zero-order chi connectivity index (χ0) is 25.9. The highest BCUT2D eigenvalue weighted by atomic mass is 35.5. The zero-order valence-electron chi connectivity index (χ0n) is 19.6. The van der Waals surface area contributed by atoms with Crippen molar-refractivity contribution in [1.29, 1.82) is 0 Å². The molecule has 5 aromatic rings. The molecule has 5 heterocycles. The Morgan fingerprint density at radius 3 is 2.57 bits per heavy atom. The fourth-order valence-corrected chi connectivity index (χ4v) is 6.40. The van der Waals surface area contributed by atoms with Gasteiger partial charge in [-0.25, -0.2) is 13.4 Å². The maximum atomic E-state index is 13.0. The van der Waals surface area contributed by atoms with E-state index in [0.717, 1.165) is 10.9 Å². The molecule has 11 nitrogen and oxygen atoms in total. The average molecular weight is 559 g/mol. The van der Waals surface area contributed by atoms with Crippen LogP contribution in [0, 0.1) is 0 Å². The molecule has 1 aliphatic heterocycles. The molecule has 0 bridgehead atoms. The van der Waals surface area contributed by atoms with Gasteiger partial charge in [0, 0.05) is 36.6 Å². The summed E-state index contributed by atoms with van der Waals surface area (Å²) in [6.45, 7) is 2.14. The molecule has 0 saturated heterocycles. The van der Waals surface area contributed by atoms with E-state index < -0.39 is 16.1 Å². The van der Waals surface area contributed by atoms with Gasteiger partial charge in [-0.15, -0.1) is 5.10 Å². The van der Waals surface area contributed by atoms with E-state index in [1.807, 2.05) is 31.2 Å². The summed E-state index contributed by atoms with van der Waals surface area (Å²) >= 11 is 12.6. The summed E-state index contributed by atoms with van der Waals surface area (Å²) in [6, 6.07) is 7.58. The molecule has 37 heavy (non-hydrogen) atoms. The van der Waals surface area contributed by atoms with Crippen LogP contribution in [0.4, 0.5) is 0 Å². The first-order valence-electron chi connectivity index (χ1n) is 11.2. The number of para-hydroxylation sites is 1. The molecule has 190 valence electrons. The van der Waals surface area contributed by atoms with Gasteiger partial charge in [0.2, 0.25) is 10.0 Å². The summed E-state index contributed by atoms with van der Waals surface area (Å²) in [6.07, 6.45) is 5.32. The maximum absolute atomic E-state index is 13.0. The Kier molecular flexibility index (Phi) is 5.71. The number of nitrogens with one attached hydrogen (secondary N) is 1. The number of benzene rings is 1. The van der Waals surface area contributed by atoms with E-state index in [2.05, 4.69) is 25.1 Å². The van der Waals surface area contributed by atoms with E-state index in [1.165, 1.54) is 38.6 Å². The molecule has 1 unspecified atom stereocenters. The summed E-state index contributed by atoms with van der Waals surface area (Å²) in [5.41, 5.74) is 3.26. The molecule has 4 aromatic heterocycles. The Labute approximate surface area is 221 Å². The van der Waals surface area contributed by atoms with Gasteiger partial charge < -0.3 is 9.82 Å². The highest BCUT2D eigenvalue weighted by molar-refractivity contribution is 7.89. The molecule has 1 atom stereocenters. The van der Waals surface area contributed by atoms with Crippen LogP contribution >= 0.6 is 23.2 Å². The van der Waals surface area contributed by atoms with Crippen LogP contribution in [0.15, 0.2) is 53.9 Å². The zero-order valence-corrected chi connectivity index (χ0v) is 22.0. The number of halogens is 2. The van der Waals surface area contributed by atoms with E-state index in [4.69, 9.17) is 28.0 Å². The molecule has 0 spiro atoms. The molecular weight excluding hydrogens is 539 g/mol. The Morgan fingerprint density at radius 2 is 1.86 bits per heavy atom. The summed E-state index contributed by atoms with van der Waals surface area (Å²) in [5, 5.41) is 10.2. The van der Waals surface area contributed by atoms with Gasteiger partial charge in [0.25, 0.3) is 0 Å². The van der Waals surface area contributed by atoms with E-state index in [1.54, 1.807) is 7.05 Å². The van der Waals surface area contributed by atoms with Crippen LogP contribution < -0.4 is 4.84 Å². The molecule has 1 aromatic carbocycles. The lowest BCUT2D eigenvalue weighted by Crippen LogP contribution is -2.25. The Morgan fingerprint density at radius 1 is 1.11 bits per heavy atom. The van der Waals surface area contributed by atoms with Crippen LogP contribution in [0.2, 0.25) is 10.0 Å². The molecule has 1 N–H and O–H groups in total. The third-order valence-electron chi connectivity index (χ3n) is 6.18. The third-order valence-corrected chi connectivity index (χ3v) is 8.53. The van der Waals surface area contributed by atoms with Gasteiger partial charge >= 0.3 is 0 Å². The summed E-state index contributed by atoms with van der Waals surface area (Å²) in [5.74, 6) is 0.523. The first-order chi connectivity index (χ1) is 17.7. The van der Waals surface area contributed by atoms with Crippen molar-refractivity contribution in [3.05, 3.63) is 76.0 Å². The number of aromatic amines is 1. The van der Waals surface area contributed by atoms with Crippen molar-refractivity contribution in [2.45, 2.75) is 31.0 Å². The van der Waals surface area contributed by atoms with Crippen molar-refractivity contribution in [3.8, 4) is 11.5 Å². The van der Waals surface area contributed by atoms with Crippen molar-refractivity contribution in [2.75, 3.05) is 0 Å². The number of aryl methyl sites for hydroxylation is 1. The first kappa shape index (κ1) is 23.9. The molecule has 0 radical (unpaired) electrons. The van der Waals surface area contributed by atoms with Crippen LogP contribution in [0.5, 0.6) is 0 Å². The predicted octanol–water partition coefficient (Wildman–Crippen LogP) is 3.76. The minimum atomic E-state index is -3.69. The van der Waals surface area contributed by atoms with Crippen LogP contribution in [0.1, 0.15) is 30.0 Å². The lowest BCUT2D eigenvalue weighted by Gasteiger charge is -2.16. The number of nitrogens with zero attached hydrogens (tertiary/aromatic N) is 7. The first-order valence-corrected chi connectivity index (χ1v) is 13.4. The summed E-state index contributed by atoms with van der Waals surface area (Å²) < 4.78 is 28.8. The molecule has 14 heteroatoms. The predicted molar refractivity (Wildman–Crippen MR) is 136 cm³/mol. The smallest absolute Gasteiger partial charge is 0.246 e. The standard InChI is InChI=1S/C23H20Cl2N8O3S/c1-13(21-16(24)8-26-9-17(21)25)36-33-20-6-4-3-5-15(20)22(30-33)23-28-18-11-32(12-19(18)29-23)37(34,35)14-7-27-31(2)10-14/h3-10,13H,11-12H2,1-2H3,(H,28,29). The SMILES string of the molecule is CC(On1nc(-c2nc3c([nH]2)CN(S(=O)(=O)c2cnn(C)c2)C3)c2ccccc21)c1c(Cl)cncc1Cl. The Bertz CT molecular complexity index is 1720. The molecular formula is C23H20Cl2N8O3S. The van der Waals surface area contributed by atoms with Crippen molar-refractivity contribution in [2.24, 2.45) is 7.05 Å². The van der Waals surface area contributed by atoms with Gasteiger partial charge in [-0.2, -0.15) is 9.40 Å². The number of H-pyrrole nitrogens is 1. The quantitative estimate of drug-likeness (QED) is 0.336. The van der Waals surface area contributed by atoms with Crippen molar-refractivity contribution < 1.29 is 13.3 Å². The lowest BCUT2D eigenvalue weighted by atomic mass is 10.2. The molecule has 0 aliphatic carbocycles. The second-order valence-electron chi connectivity index (χ2n) is 8.64. The Hall–Kier alpha value is -3.45. The Balaban J connectivity index is 1.31. The fraction of sp³-hybridized carbons (Fsp3) is 0.217. The monoisotopic (exact) mass is 558 g/mol. The lowest BCUT2D eigenvalue weighted by molar-refractivity contribution is 0.0332. The van der Waals surface area contributed by atoms with E-state index in [-0.39, 0.29) is 18.0 Å². The van der Waals surface area contributed by atoms with E-state index >= 15 is 0 Å². The number of aromatic nitrogens is 7. The molecule has 1 aliphatic rings. The highest BCUT2D eigenvalue weighted by Crippen LogP contribution is 2.33. The molecule has 6 rings (SSSR count). The third kappa shape index (κ3) is 4.06. The van der Waals surface area contributed by atoms with Crippen LogP contribution in [-0.2, 0) is 30.2 Å². The van der Waals surface area contributed by atoms with Crippen molar-refractivity contribution in [3.63, 3.8) is 0 Å². The number of hydrogen-bond acceptors (Lipinski definition) is 7. The van der Waals surface area contributed by atoms with Gasteiger partial charge in [-0.1, -0.05) is 46.2 Å². The number of rotatable bonds is 6. The number of fused-ring (bicyclic) bond motifs is 2. The minimum Gasteiger partial charge on any atom is -0.388 e. The van der Waals surface area contributed by atoms with Crippen LogP contribution in [-0.4, -0.2) is 47.4 Å². The molecule has 0 saturated carbocycles. The largest absolute Gasteiger partial charge is 0.388 e. The second kappa shape index (κ2) is 8.84. The van der Waals surface area contributed by atoms with Gasteiger partial charge in [0.05, 0.1) is 40.7 Å². The highest BCUT2D eigenvalue weighted by Gasteiger charge is 2.34. The molecule has 0 amide bonds. The van der Waals surface area contributed by atoms with Crippen LogP contribution in [0.25, 0.3) is 22.4 Å². The van der Waals surface area contributed by atoms with Gasteiger partial charge in [0.1, 0.15) is 16.1 Å². The normalized spacial score (nSPS) is 14.8. The molecule has 0 fully saturated rings. The van der Waals surface area contributed by atoms with Gasteiger partial charge in [0.15, 0.2) is 11.9 Å². The van der Waals surface area contributed by atoms with E-state index in [9.17, 15) is 8.42 Å². The summed E-state index contributed by atoms with van der Waals surface area (Å²) in [7, 11) is -2.01. The number of hydrogen-bond donors (Lipinski definition) is 1. The second-order valence-corrected chi connectivity index (χ2v) is 11.4. The fourth-order valence-electron chi connectivity index (χ4n) is 4.38.